The van der Waals surface area contributed by atoms with Crippen LogP contribution in [0.5, 0.6) is 0 Å². The van der Waals surface area contributed by atoms with Gasteiger partial charge in [0.05, 0.1) is 6.07 Å². The van der Waals surface area contributed by atoms with Crippen LogP contribution in [0.1, 0.15) is 94.9 Å². The first-order valence-electron chi connectivity index (χ1n) is 11.6. The lowest BCUT2D eigenvalue weighted by Crippen LogP contribution is -2.14. The van der Waals surface area contributed by atoms with Crippen LogP contribution in [0.15, 0.2) is 36.7 Å². The molecule has 1 fully saturated rings. The van der Waals surface area contributed by atoms with Gasteiger partial charge in [-0.2, -0.15) is 5.26 Å². The Morgan fingerprint density at radius 1 is 0.828 bits per heavy atom. The van der Waals surface area contributed by atoms with E-state index >= 15 is 0 Å². The molecule has 0 saturated heterocycles. The first-order valence-corrected chi connectivity index (χ1v) is 11.6. The second kappa shape index (κ2) is 11.7. The Morgan fingerprint density at radius 2 is 1.45 bits per heavy atom. The molecule has 3 heteroatoms. The predicted octanol–water partition coefficient (Wildman–Crippen LogP) is 7.23. The lowest BCUT2D eigenvalue weighted by molar-refractivity contribution is 0.372. The summed E-state index contributed by atoms with van der Waals surface area (Å²) in [5.41, 5.74) is 3.70. The molecular weight excluding hydrogens is 354 g/mol. The van der Waals surface area contributed by atoms with Crippen molar-refractivity contribution < 1.29 is 0 Å². The SMILES string of the molecule is CCCCCCCCCc1ccc(-c2cnc(C3CCC(C#N)CC3)nc2)cc1. The highest BCUT2D eigenvalue weighted by atomic mass is 14.9. The molecule has 0 radical (unpaired) electrons. The Labute approximate surface area is 176 Å². The van der Waals surface area contributed by atoms with Crippen LogP contribution in [-0.4, -0.2) is 9.97 Å². The van der Waals surface area contributed by atoms with Crippen molar-refractivity contribution in [3.05, 3.63) is 48.0 Å². The third kappa shape index (κ3) is 6.67. The summed E-state index contributed by atoms with van der Waals surface area (Å²) in [5, 5.41) is 9.05. The summed E-state index contributed by atoms with van der Waals surface area (Å²) in [7, 11) is 0. The molecular formula is C26H35N3. The largest absolute Gasteiger partial charge is 0.240 e. The van der Waals surface area contributed by atoms with Crippen LogP contribution in [0.3, 0.4) is 0 Å². The summed E-state index contributed by atoms with van der Waals surface area (Å²) in [6, 6.07) is 11.3. The average Bonchev–Trinajstić information content (AvgIpc) is 2.79. The molecule has 0 unspecified atom stereocenters. The highest BCUT2D eigenvalue weighted by Gasteiger charge is 2.23. The fourth-order valence-electron chi connectivity index (χ4n) is 4.33. The molecule has 0 bridgehead atoms. The van der Waals surface area contributed by atoms with Crippen LogP contribution in [0.4, 0.5) is 0 Å². The van der Waals surface area contributed by atoms with Gasteiger partial charge in [0.1, 0.15) is 5.82 Å². The smallest absolute Gasteiger partial charge is 0.131 e. The molecule has 0 N–H and O–H groups in total. The van der Waals surface area contributed by atoms with E-state index in [2.05, 4.69) is 47.2 Å². The van der Waals surface area contributed by atoms with Crippen LogP contribution in [0.2, 0.25) is 0 Å². The highest BCUT2D eigenvalue weighted by molar-refractivity contribution is 5.61. The van der Waals surface area contributed by atoms with Gasteiger partial charge in [-0.15, -0.1) is 0 Å². The Hall–Kier alpha value is -2.21. The second-order valence-electron chi connectivity index (χ2n) is 8.58. The molecule has 2 aromatic rings. The van der Waals surface area contributed by atoms with Crippen LogP contribution in [0.25, 0.3) is 11.1 Å². The Kier molecular flexibility index (Phi) is 8.68. The molecule has 3 rings (SSSR count). The van der Waals surface area contributed by atoms with Crippen molar-refractivity contribution in [1.29, 1.82) is 5.26 Å². The standard InChI is InChI=1S/C26H35N3/c1-2-3-4-5-6-7-8-9-21-10-14-23(15-11-21)25-19-28-26(29-20-25)24-16-12-22(18-27)13-17-24/h10-11,14-15,19-20,22,24H,2-9,12-13,16-17H2,1H3. The van der Waals surface area contributed by atoms with Gasteiger partial charge in [0.15, 0.2) is 0 Å². The van der Waals surface area contributed by atoms with E-state index in [9.17, 15) is 0 Å². The average molecular weight is 390 g/mol. The van der Waals surface area contributed by atoms with Crippen molar-refractivity contribution in [1.82, 2.24) is 9.97 Å². The van der Waals surface area contributed by atoms with Crippen LogP contribution in [-0.2, 0) is 6.42 Å². The third-order valence-electron chi connectivity index (χ3n) is 6.30. The molecule has 0 spiro atoms. The van der Waals surface area contributed by atoms with Crippen molar-refractivity contribution in [2.75, 3.05) is 0 Å². The van der Waals surface area contributed by atoms with Crippen molar-refractivity contribution >= 4 is 0 Å². The zero-order valence-corrected chi connectivity index (χ0v) is 17.9. The molecule has 1 aromatic heterocycles. The van der Waals surface area contributed by atoms with Gasteiger partial charge in [0, 0.05) is 29.8 Å². The molecule has 1 aliphatic rings. The normalized spacial score (nSPS) is 19.0. The number of nitrogens with zero attached hydrogens (tertiary/aromatic N) is 3. The summed E-state index contributed by atoms with van der Waals surface area (Å²) in [5.74, 6) is 1.59. The number of hydrogen-bond donors (Lipinski definition) is 0. The minimum atomic E-state index is 0.227. The summed E-state index contributed by atoms with van der Waals surface area (Å²) >= 11 is 0. The maximum Gasteiger partial charge on any atom is 0.131 e. The molecule has 1 aliphatic carbocycles. The van der Waals surface area contributed by atoms with Crippen molar-refractivity contribution in [2.45, 2.75) is 89.9 Å². The zero-order chi connectivity index (χ0) is 20.3. The first kappa shape index (κ1) is 21.5. The van der Waals surface area contributed by atoms with E-state index in [1.54, 1.807) is 0 Å². The van der Waals surface area contributed by atoms with Gasteiger partial charge in [-0.25, -0.2) is 9.97 Å². The number of nitriles is 1. The minimum Gasteiger partial charge on any atom is -0.240 e. The van der Waals surface area contributed by atoms with E-state index in [0.717, 1.165) is 37.1 Å². The summed E-state index contributed by atoms with van der Waals surface area (Å²) in [6.07, 6.45) is 18.6. The van der Waals surface area contributed by atoms with E-state index in [1.165, 1.54) is 62.5 Å². The fraction of sp³-hybridized carbons (Fsp3) is 0.577. The minimum absolute atomic E-state index is 0.227. The highest BCUT2D eigenvalue weighted by Crippen LogP contribution is 2.34. The molecule has 29 heavy (non-hydrogen) atoms. The number of unbranched alkanes of at least 4 members (excludes halogenated alkanes) is 6. The van der Waals surface area contributed by atoms with Crippen molar-refractivity contribution in [2.24, 2.45) is 5.92 Å². The number of benzene rings is 1. The Balaban J connectivity index is 1.45. The molecule has 0 aliphatic heterocycles. The topological polar surface area (TPSA) is 49.6 Å². The predicted molar refractivity (Wildman–Crippen MR) is 119 cm³/mol. The molecule has 3 nitrogen and oxygen atoms in total. The van der Waals surface area contributed by atoms with Crippen molar-refractivity contribution in [3.63, 3.8) is 0 Å². The number of hydrogen-bond acceptors (Lipinski definition) is 3. The van der Waals surface area contributed by atoms with E-state index in [-0.39, 0.29) is 5.92 Å². The van der Waals surface area contributed by atoms with Gasteiger partial charge < -0.3 is 0 Å². The number of rotatable bonds is 10. The molecule has 0 atom stereocenters. The van der Waals surface area contributed by atoms with Gasteiger partial charge in [-0.3, -0.25) is 0 Å². The molecule has 0 amide bonds. The van der Waals surface area contributed by atoms with Gasteiger partial charge >= 0.3 is 0 Å². The van der Waals surface area contributed by atoms with E-state index in [1.807, 2.05) is 12.4 Å². The zero-order valence-electron chi connectivity index (χ0n) is 17.9. The summed E-state index contributed by atoms with van der Waals surface area (Å²) in [6.45, 7) is 2.27. The van der Waals surface area contributed by atoms with Crippen molar-refractivity contribution in [3.8, 4) is 17.2 Å². The molecule has 1 heterocycles. The van der Waals surface area contributed by atoms with E-state index in [0.29, 0.717) is 5.92 Å². The quantitative estimate of drug-likeness (QED) is 0.403. The maximum atomic E-state index is 9.05. The van der Waals surface area contributed by atoms with Crippen LogP contribution in [0, 0.1) is 17.2 Å². The molecule has 1 saturated carbocycles. The van der Waals surface area contributed by atoms with Gasteiger partial charge in [0.25, 0.3) is 0 Å². The van der Waals surface area contributed by atoms with E-state index in [4.69, 9.17) is 5.26 Å². The van der Waals surface area contributed by atoms with Gasteiger partial charge in [-0.1, -0.05) is 69.7 Å². The number of aryl methyl sites for hydroxylation is 1. The van der Waals surface area contributed by atoms with Crippen LogP contribution >= 0.6 is 0 Å². The summed E-state index contributed by atoms with van der Waals surface area (Å²) in [4.78, 5) is 9.30. The first-order chi connectivity index (χ1) is 14.3. The number of aromatic nitrogens is 2. The second-order valence-corrected chi connectivity index (χ2v) is 8.58. The lowest BCUT2D eigenvalue weighted by Gasteiger charge is -2.23. The maximum absolute atomic E-state index is 9.05. The Morgan fingerprint density at radius 3 is 2.07 bits per heavy atom. The Bertz CT molecular complexity index is 750. The lowest BCUT2D eigenvalue weighted by atomic mass is 9.82. The van der Waals surface area contributed by atoms with Gasteiger partial charge in [-0.05, 0) is 49.7 Å². The fourth-order valence-corrected chi connectivity index (χ4v) is 4.33. The third-order valence-corrected chi connectivity index (χ3v) is 6.30. The van der Waals surface area contributed by atoms with E-state index < -0.39 is 0 Å². The molecule has 154 valence electrons. The summed E-state index contributed by atoms with van der Waals surface area (Å²) < 4.78 is 0. The monoisotopic (exact) mass is 389 g/mol. The molecule has 1 aromatic carbocycles. The van der Waals surface area contributed by atoms with Gasteiger partial charge in [0.2, 0.25) is 0 Å². The van der Waals surface area contributed by atoms with Crippen LogP contribution < -0.4 is 0 Å².